The van der Waals surface area contributed by atoms with Crippen molar-refractivity contribution >= 4 is 22.7 Å². The lowest BCUT2D eigenvalue weighted by Crippen LogP contribution is -2.50. The number of hydrogen-bond donors (Lipinski definition) is 2. The predicted molar refractivity (Wildman–Crippen MR) is 138 cm³/mol. The number of benzene rings is 2. The summed E-state index contributed by atoms with van der Waals surface area (Å²) in [5.74, 6) is 0.799. The average Bonchev–Trinajstić information content (AvgIpc) is 2.84. The number of anilines is 1. The lowest BCUT2D eigenvalue weighted by Gasteiger charge is -2.38. The molecule has 9 heteroatoms. The zero-order valence-corrected chi connectivity index (χ0v) is 21.3. The van der Waals surface area contributed by atoms with Crippen LogP contribution in [-0.2, 0) is 17.8 Å². The molecule has 2 aromatic carbocycles. The first-order valence-corrected chi connectivity index (χ1v) is 12.1. The summed E-state index contributed by atoms with van der Waals surface area (Å²) in [4.78, 5) is 31.6. The van der Waals surface area contributed by atoms with Crippen molar-refractivity contribution in [1.29, 1.82) is 0 Å². The summed E-state index contributed by atoms with van der Waals surface area (Å²) in [6.45, 7) is 6.90. The number of nitrogens with zero attached hydrogens (tertiary/aromatic N) is 3. The second kappa shape index (κ2) is 10.2. The summed E-state index contributed by atoms with van der Waals surface area (Å²) < 4.78 is 12.1. The highest BCUT2D eigenvalue weighted by molar-refractivity contribution is 5.81. The van der Waals surface area contributed by atoms with Crippen molar-refractivity contribution in [3.05, 3.63) is 64.7 Å². The Balaban J connectivity index is 1.44. The first kappa shape index (κ1) is 25.5. The van der Waals surface area contributed by atoms with Crippen molar-refractivity contribution in [2.45, 2.75) is 57.9 Å². The van der Waals surface area contributed by atoms with Gasteiger partial charge in [-0.05, 0) is 69.5 Å². The number of methoxy groups -OCH3 is 1. The molecule has 36 heavy (non-hydrogen) atoms. The molecule has 1 aliphatic rings. The zero-order valence-electron chi connectivity index (χ0n) is 21.3. The highest BCUT2D eigenvalue weighted by Gasteiger charge is 2.36. The molecule has 1 amide bonds. The molecule has 1 aliphatic heterocycles. The molecule has 192 valence electrons. The topological polar surface area (TPSA) is 106 Å². The van der Waals surface area contributed by atoms with Crippen LogP contribution in [0.5, 0.6) is 5.75 Å². The molecule has 0 bridgehead atoms. The number of ether oxygens (including phenoxy) is 2. The van der Waals surface area contributed by atoms with Crippen LogP contribution in [0.15, 0.2) is 53.6 Å². The van der Waals surface area contributed by atoms with Gasteiger partial charge in [-0.3, -0.25) is 9.36 Å². The van der Waals surface area contributed by atoms with E-state index in [-0.39, 0.29) is 18.2 Å². The van der Waals surface area contributed by atoms with Gasteiger partial charge in [-0.25, -0.2) is 9.78 Å². The molecule has 0 saturated carbocycles. The molecule has 2 heterocycles. The van der Waals surface area contributed by atoms with Gasteiger partial charge in [0.05, 0.1) is 36.5 Å². The number of aliphatic hydroxyl groups is 1. The molecule has 4 rings (SSSR count). The predicted octanol–water partition coefficient (Wildman–Crippen LogP) is 3.78. The van der Waals surface area contributed by atoms with Crippen molar-refractivity contribution < 1.29 is 19.4 Å². The number of nitrogens with one attached hydrogen (secondary N) is 1. The second-order valence-corrected chi connectivity index (χ2v) is 10.3. The van der Waals surface area contributed by atoms with Crippen LogP contribution >= 0.6 is 0 Å². The molecule has 0 unspecified atom stereocenters. The average molecular weight is 495 g/mol. The maximum absolute atomic E-state index is 13.3. The zero-order chi connectivity index (χ0) is 25.9. The third-order valence-electron chi connectivity index (χ3n) is 6.29. The Morgan fingerprint density at radius 3 is 2.47 bits per heavy atom. The molecule has 1 aromatic heterocycles. The van der Waals surface area contributed by atoms with E-state index in [9.17, 15) is 14.7 Å². The summed E-state index contributed by atoms with van der Waals surface area (Å²) in [7, 11) is 1.63. The minimum absolute atomic E-state index is 0.112. The van der Waals surface area contributed by atoms with Gasteiger partial charge in [-0.2, -0.15) is 0 Å². The number of fused-ring (bicyclic) bond motifs is 1. The van der Waals surface area contributed by atoms with Crippen molar-refractivity contribution in [2.24, 2.45) is 0 Å². The molecule has 0 aliphatic carbocycles. The Hall–Kier alpha value is -3.59. The van der Waals surface area contributed by atoms with E-state index in [4.69, 9.17) is 9.47 Å². The van der Waals surface area contributed by atoms with Crippen LogP contribution in [0.2, 0.25) is 0 Å². The van der Waals surface area contributed by atoms with Crippen molar-refractivity contribution in [2.75, 3.05) is 25.5 Å². The molecule has 0 atom stereocenters. The molecule has 2 N–H and O–H groups in total. The van der Waals surface area contributed by atoms with Crippen molar-refractivity contribution in [3.8, 4) is 5.75 Å². The van der Waals surface area contributed by atoms with Crippen LogP contribution in [0.3, 0.4) is 0 Å². The van der Waals surface area contributed by atoms with Gasteiger partial charge in [0.25, 0.3) is 5.56 Å². The molecule has 1 saturated heterocycles. The van der Waals surface area contributed by atoms with Gasteiger partial charge in [-0.15, -0.1) is 0 Å². The number of carbonyl (C=O) groups is 1. The smallest absolute Gasteiger partial charge is 0.410 e. The van der Waals surface area contributed by atoms with Crippen LogP contribution in [0.1, 0.15) is 39.2 Å². The van der Waals surface area contributed by atoms with E-state index < -0.39 is 11.2 Å². The Morgan fingerprint density at radius 1 is 1.14 bits per heavy atom. The lowest BCUT2D eigenvalue weighted by atomic mass is 9.91. The summed E-state index contributed by atoms with van der Waals surface area (Å²) in [6, 6.07) is 13.3. The molecule has 1 fully saturated rings. The first-order valence-electron chi connectivity index (χ1n) is 12.1. The van der Waals surface area contributed by atoms with Crippen LogP contribution in [0, 0.1) is 0 Å². The van der Waals surface area contributed by atoms with Gasteiger partial charge in [0.15, 0.2) is 0 Å². The monoisotopic (exact) mass is 494 g/mol. The van der Waals surface area contributed by atoms with Crippen molar-refractivity contribution in [3.63, 3.8) is 0 Å². The Morgan fingerprint density at radius 2 is 1.83 bits per heavy atom. The third kappa shape index (κ3) is 6.15. The fourth-order valence-electron chi connectivity index (χ4n) is 4.24. The number of aromatic nitrogens is 2. The maximum atomic E-state index is 13.3. The summed E-state index contributed by atoms with van der Waals surface area (Å²) in [5.41, 5.74) is 0.590. The van der Waals surface area contributed by atoms with Gasteiger partial charge in [0, 0.05) is 25.3 Å². The maximum Gasteiger partial charge on any atom is 0.410 e. The van der Waals surface area contributed by atoms with E-state index in [0.29, 0.717) is 43.4 Å². The summed E-state index contributed by atoms with van der Waals surface area (Å²) in [6.07, 6.45) is 1.79. The highest BCUT2D eigenvalue weighted by Crippen LogP contribution is 2.25. The normalized spacial score (nSPS) is 15.5. The van der Waals surface area contributed by atoms with Crippen LogP contribution in [0.25, 0.3) is 10.9 Å². The summed E-state index contributed by atoms with van der Waals surface area (Å²) in [5, 5.41) is 15.0. The fraction of sp³-hybridized carbons (Fsp3) is 0.444. The molecule has 0 spiro atoms. The largest absolute Gasteiger partial charge is 0.497 e. The van der Waals surface area contributed by atoms with Gasteiger partial charge in [0.1, 0.15) is 11.4 Å². The van der Waals surface area contributed by atoms with Crippen LogP contribution in [0.4, 0.5) is 10.5 Å². The van der Waals surface area contributed by atoms with Gasteiger partial charge < -0.3 is 24.8 Å². The van der Waals surface area contributed by atoms with Gasteiger partial charge >= 0.3 is 6.09 Å². The van der Waals surface area contributed by atoms with Crippen molar-refractivity contribution in [1.82, 2.24) is 14.5 Å². The van der Waals surface area contributed by atoms with Gasteiger partial charge in [0.2, 0.25) is 0 Å². The van der Waals surface area contributed by atoms with E-state index in [2.05, 4.69) is 10.3 Å². The van der Waals surface area contributed by atoms with Crippen LogP contribution < -0.4 is 15.6 Å². The standard InChI is InChI=1S/C27H34N4O5/c1-26(2,3)36-25(33)30-13-11-27(34,12-14-30)17-31-18-29-23-10-7-20(15-22(23)24(31)32)28-16-19-5-8-21(35-4)9-6-19/h5-10,15,18,28,34H,11-14,16-17H2,1-4H3. The number of amides is 1. The lowest BCUT2D eigenvalue weighted by molar-refractivity contribution is -0.0419. The SMILES string of the molecule is COc1ccc(CNc2ccc3ncn(CC4(O)CCN(C(=O)OC(C)(C)C)CC4)c(=O)c3c2)cc1. The van der Waals surface area contributed by atoms with E-state index >= 15 is 0 Å². The molecular weight excluding hydrogens is 460 g/mol. The first-order chi connectivity index (χ1) is 17.0. The third-order valence-corrected chi connectivity index (χ3v) is 6.29. The number of piperidine rings is 1. The Labute approximate surface area is 210 Å². The number of likely N-dealkylation sites (tertiary alicyclic amines) is 1. The molecular formula is C27H34N4O5. The minimum Gasteiger partial charge on any atom is -0.497 e. The van der Waals surface area contributed by atoms with E-state index in [1.165, 1.54) is 10.9 Å². The quantitative estimate of drug-likeness (QED) is 0.537. The molecule has 9 nitrogen and oxygen atoms in total. The highest BCUT2D eigenvalue weighted by atomic mass is 16.6. The minimum atomic E-state index is -1.11. The van der Waals surface area contributed by atoms with Crippen LogP contribution in [-0.4, -0.2) is 57.1 Å². The second-order valence-electron chi connectivity index (χ2n) is 10.3. The fourth-order valence-corrected chi connectivity index (χ4v) is 4.24. The molecule has 3 aromatic rings. The number of rotatable bonds is 6. The Kier molecular flexibility index (Phi) is 7.21. The van der Waals surface area contributed by atoms with Gasteiger partial charge in [-0.1, -0.05) is 12.1 Å². The molecule has 0 radical (unpaired) electrons. The number of hydrogen-bond acceptors (Lipinski definition) is 7. The van der Waals surface area contributed by atoms with E-state index in [0.717, 1.165) is 17.0 Å². The number of carbonyl (C=O) groups excluding carboxylic acids is 1. The van der Waals surface area contributed by atoms with E-state index in [1.54, 1.807) is 18.1 Å². The summed E-state index contributed by atoms with van der Waals surface area (Å²) >= 11 is 0. The Bertz CT molecular complexity index is 1270. The van der Waals surface area contributed by atoms with E-state index in [1.807, 2.05) is 57.2 Å².